The molecule has 0 aliphatic rings. The first-order valence-electron chi connectivity index (χ1n) is 20.2. The molecular weight excluding hydrogens is 703 g/mol. The Morgan fingerprint density at radius 1 is 0.574 bits per heavy atom. The number of carbonyl (C=O) groups excluding carboxylic acids is 1. The number of carbonyl (C=O) groups is 1. The first-order valence-corrected chi connectivity index (χ1v) is 21.7. The molecule has 0 saturated carbocycles. The van der Waals surface area contributed by atoms with E-state index in [0.717, 1.165) is 103 Å². The Morgan fingerprint density at radius 3 is 1.50 bits per heavy atom. The highest BCUT2D eigenvalue weighted by Gasteiger charge is 2.26. The molecule has 10 heteroatoms. The number of aliphatic hydroxyl groups is 2. The number of allylic oxidation sites excluding steroid dienone is 16. The van der Waals surface area contributed by atoms with E-state index in [-0.39, 0.29) is 13.0 Å². The van der Waals surface area contributed by atoms with Crippen molar-refractivity contribution >= 4 is 13.8 Å². The van der Waals surface area contributed by atoms with Crippen LogP contribution in [0.25, 0.3) is 0 Å². The van der Waals surface area contributed by atoms with E-state index in [9.17, 15) is 19.4 Å². The molecule has 3 N–H and O–H groups in total. The molecule has 0 radical (unpaired) electrons. The Bertz CT molecular complexity index is 1150. The molecule has 0 amide bonds. The number of ether oxygens (including phenoxy) is 2. The van der Waals surface area contributed by atoms with Gasteiger partial charge in [-0.1, -0.05) is 130 Å². The summed E-state index contributed by atoms with van der Waals surface area (Å²) in [5, 5.41) is 18.3. The number of aliphatic hydroxyl groups excluding tert-OH is 2. The molecule has 3 unspecified atom stereocenters. The molecule has 0 rings (SSSR count). The zero-order valence-electron chi connectivity index (χ0n) is 33.4. The third kappa shape index (κ3) is 39.1. The van der Waals surface area contributed by atoms with Crippen LogP contribution >= 0.6 is 7.82 Å². The van der Waals surface area contributed by atoms with Crippen LogP contribution in [-0.4, -0.2) is 66.3 Å². The summed E-state index contributed by atoms with van der Waals surface area (Å²) in [4.78, 5) is 22.5. The molecule has 9 nitrogen and oxygen atoms in total. The lowest BCUT2D eigenvalue weighted by Crippen LogP contribution is -2.29. The fourth-order valence-corrected chi connectivity index (χ4v) is 5.54. The molecule has 0 aromatic carbocycles. The summed E-state index contributed by atoms with van der Waals surface area (Å²) in [5.41, 5.74) is 0. The Morgan fingerprint density at radius 2 is 1.00 bits per heavy atom. The van der Waals surface area contributed by atoms with Gasteiger partial charge in [0.1, 0.15) is 12.2 Å². The van der Waals surface area contributed by atoms with Crippen molar-refractivity contribution in [3.63, 3.8) is 0 Å². The standard InChI is InChI=1S/C44H73O9P/c1-3-5-7-9-11-13-15-17-19-20-21-23-25-27-29-31-33-35-37-50-40-43(41-52-54(48,49)51-39-42(46)38-45)53-44(47)36-34-32-30-28-26-24-22-18-16-14-12-10-8-6-4-2/h5-8,11-14,17-19,21-23,27,29,42-43,45-46H,3-4,9-10,15-16,20,24-26,28,30-41H2,1-2H3,(H,48,49)/b7-5-,8-6-,13-11-,14-12-,19-17-,22-18-,23-21-,29-27-. The van der Waals surface area contributed by atoms with E-state index >= 15 is 0 Å². The normalized spacial score (nSPS) is 15.1. The smallest absolute Gasteiger partial charge is 0.457 e. The van der Waals surface area contributed by atoms with Crippen LogP contribution in [0.4, 0.5) is 0 Å². The summed E-state index contributed by atoms with van der Waals surface area (Å²) in [6, 6.07) is 0. The fraction of sp³-hybridized carbons (Fsp3) is 0.614. The van der Waals surface area contributed by atoms with Gasteiger partial charge in [-0.05, 0) is 89.9 Å². The number of hydrogen-bond donors (Lipinski definition) is 3. The largest absolute Gasteiger partial charge is 0.472 e. The average molecular weight is 777 g/mol. The fourth-order valence-electron chi connectivity index (χ4n) is 4.75. The van der Waals surface area contributed by atoms with E-state index in [1.165, 1.54) is 0 Å². The zero-order valence-corrected chi connectivity index (χ0v) is 34.3. The molecule has 0 saturated heterocycles. The van der Waals surface area contributed by atoms with Crippen molar-refractivity contribution in [2.45, 2.75) is 142 Å². The second kappa shape index (κ2) is 40.1. The predicted octanol–water partition coefficient (Wildman–Crippen LogP) is 10.9. The molecule has 0 aromatic heterocycles. The number of phosphoric ester groups is 1. The van der Waals surface area contributed by atoms with Crippen LogP contribution in [0.2, 0.25) is 0 Å². The maximum Gasteiger partial charge on any atom is 0.472 e. The highest BCUT2D eigenvalue weighted by Crippen LogP contribution is 2.43. The van der Waals surface area contributed by atoms with Gasteiger partial charge < -0.3 is 24.6 Å². The Balaban J connectivity index is 4.35. The average Bonchev–Trinajstić information content (AvgIpc) is 3.16. The van der Waals surface area contributed by atoms with E-state index in [2.05, 4.69) is 111 Å². The van der Waals surface area contributed by atoms with Crippen LogP contribution in [0.1, 0.15) is 129 Å². The van der Waals surface area contributed by atoms with Crippen molar-refractivity contribution in [2.75, 3.05) is 33.0 Å². The zero-order chi connectivity index (χ0) is 39.6. The van der Waals surface area contributed by atoms with Crippen molar-refractivity contribution in [2.24, 2.45) is 0 Å². The molecule has 0 fully saturated rings. The van der Waals surface area contributed by atoms with Gasteiger partial charge in [0.15, 0.2) is 0 Å². The minimum absolute atomic E-state index is 0.00584. The summed E-state index contributed by atoms with van der Waals surface area (Å²) >= 11 is 0. The van der Waals surface area contributed by atoms with Gasteiger partial charge >= 0.3 is 13.8 Å². The molecule has 3 atom stereocenters. The SMILES string of the molecule is CC/C=C\C/C=C\C/C=C\C/C=C\C/C=C\CCCCOCC(COP(=O)(O)OCC(O)CO)OC(=O)CCCCCCC/C=C\C/C=C\C/C=C\CC. The van der Waals surface area contributed by atoms with Gasteiger partial charge in [0.05, 0.1) is 26.4 Å². The van der Waals surface area contributed by atoms with Gasteiger partial charge in [0, 0.05) is 13.0 Å². The molecule has 54 heavy (non-hydrogen) atoms. The van der Waals surface area contributed by atoms with Gasteiger partial charge in [-0.3, -0.25) is 13.8 Å². The maximum absolute atomic E-state index is 12.6. The van der Waals surface area contributed by atoms with Crippen molar-refractivity contribution in [3.05, 3.63) is 97.2 Å². The highest BCUT2D eigenvalue weighted by molar-refractivity contribution is 7.47. The lowest BCUT2D eigenvalue weighted by atomic mass is 10.1. The van der Waals surface area contributed by atoms with Crippen LogP contribution in [0.3, 0.4) is 0 Å². The number of phosphoric acid groups is 1. The van der Waals surface area contributed by atoms with Crippen LogP contribution in [0.15, 0.2) is 97.2 Å². The van der Waals surface area contributed by atoms with Crippen LogP contribution < -0.4 is 0 Å². The van der Waals surface area contributed by atoms with E-state index in [1.807, 2.05) is 0 Å². The highest BCUT2D eigenvalue weighted by atomic mass is 31.2. The lowest BCUT2D eigenvalue weighted by molar-refractivity contribution is -0.154. The Labute approximate surface area is 327 Å². The second-order valence-corrected chi connectivity index (χ2v) is 14.3. The summed E-state index contributed by atoms with van der Waals surface area (Å²) in [7, 11) is -4.54. The quantitative estimate of drug-likeness (QED) is 0.0244. The van der Waals surface area contributed by atoms with Gasteiger partial charge in [0.25, 0.3) is 0 Å². The van der Waals surface area contributed by atoms with Crippen LogP contribution in [0.5, 0.6) is 0 Å². The minimum Gasteiger partial charge on any atom is -0.457 e. The van der Waals surface area contributed by atoms with Gasteiger partial charge in [-0.15, -0.1) is 0 Å². The molecule has 0 heterocycles. The third-order valence-electron chi connectivity index (χ3n) is 7.77. The molecule has 0 aliphatic heterocycles. The Kier molecular flexibility index (Phi) is 38.1. The van der Waals surface area contributed by atoms with Crippen molar-refractivity contribution in [1.82, 2.24) is 0 Å². The molecule has 0 aliphatic carbocycles. The summed E-state index contributed by atoms with van der Waals surface area (Å²) in [6.45, 7) is 3.11. The molecule has 0 spiro atoms. The van der Waals surface area contributed by atoms with E-state index in [4.69, 9.17) is 23.6 Å². The second-order valence-electron chi connectivity index (χ2n) is 12.9. The lowest BCUT2D eigenvalue weighted by Gasteiger charge is -2.20. The van der Waals surface area contributed by atoms with Crippen LogP contribution in [0, 0.1) is 0 Å². The summed E-state index contributed by atoms with van der Waals surface area (Å²) in [5.74, 6) is -0.420. The number of unbranched alkanes of at least 4 members (excludes halogenated alkanes) is 7. The topological polar surface area (TPSA) is 132 Å². The first-order chi connectivity index (χ1) is 26.3. The van der Waals surface area contributed by atoms with E-state index in [0.29, 0.717) is 13.0 Å². The maximum atomic E-state index is 12.6. The minimum atomic E-state index is -4.54. The molecule has 0 aromatic rings. The Hall–Kier alpha value is -2.62. The number of rotatable bonds is 37. The van der Waals surface area contributed by atoms with Crippen molar-refractivity contribution in [3.8, 4) is 0 Å². The van der Waals surface area contributed by atoms with Gasteiger partial charge in [0.2, 0.25) is 0 Å². The number of hydrogen-bond acceptors (Lipinski definition) is 8. The van der Waals surface area contributed by atoms with Crippen molar-refractivity contribution in [1.29, 1.82) is 0 Å². The molecule has 308 valence electrons. The van der Waals surface area contributed by atoms with Crippen LogP contribution in [-0.2, 0) is 27.9 Å². The van der Waals surface area contributed by atoms with Crippen molar-refractivity contribution < 1.29 is 43.0 Å². The van der Waals surface area contributed by atoms with E-state index < -0.39 is 45.8 Å². The van der Waals surface area contributed by atoms with Gasteiger partial charge in [-0.25, -0.2) is 4.57 Å². The molecule has 0 bridgehead atoms. The predicted molar refractivity (Wildman–Crippen MR) is 223 cm³/mol. The van der Waals surface area contributed by atoms with E-state index in [1.54, 1.807) is 0 Å². The summed E-state index contributed by atoms with van der Waals surface area (Å²) in [6.07, 6.45) is 49.4. The van der Waals surface area contributed by atoms with Gasteiger partial charge in [-0.2, -0.15) is 0 Å². The monoisotopic (exact) mass is 776 g/mol. The molecular formula is C44H73O9P. The first kappa shape index (κ1) is 51.4. The summed E-state index contributed by atoms with van der Waals surface area (Å²) < 4.78 is 33.2. The number of esters is 1. The third-order valence-corrected chi connectivity index (χ3v) is 8.72.